The third kappa shape index (κ3) is 4.26. The maximum absolute atomic E-state index is 11.4. The molecule has 1 aliphatic heterocycles. The van der Waals surface area contributed by atoms with Gasteiger partial charge in [-0.3, -0.25) is 4.79 Å². The van der Waals surface area contributed by atoms with E-state index >= 15 is 0 Å². The van der Waals surface area contributed by atoms with Gasteiger partial charge in [0.15, 0.2) is 11.0 Å². The fourth-order valence-electron chi connectivity index (χ4n) is 4.66. The van der Waals surface area contributed by atoms with E-state index in [2.05, 4.69) is 49.9 Å². The standard InChI is InChI=1S/C25H29N3O2S/c1-17-11-12-21(19(3)15-17)28-24(31-16-22(29)30)27-23(25(28)13-7-4-8-14-25)26-20-10-6-5-9-18(20)2/h5-6,9-12,15H,4,7-8,13-14,16H2,1-3H3,(H,29,30). The maximum Gasteiger partial charge on any atom is 0.313 e. The molecular weight excluding hydrogens is 406 g/mol. The average Bonchev–Trinajstić information content (AvgIpc) is 3.01. The van der Waals surface area contributed by atoms with Gasteiger partial charge in [-0.05, 0) is 56.9 Å². The molecule has 6 heteroatoms. The molecule has 0 saturated heterocycles. The number of carbonyl (C=O) groups is 1. The lowest BCUT2D eigenvalue weighted by Gasteiger charge is -2.43. The molecule has 31 heavy (non-hydrogen) atoms. The SMILES string of the molecule is Cc1ccc(N2C(SCC(=O)O)=NC(=Nc3ccccc3C)C23CCCCC3)c(C)c1. The van der Waals surface area contributed by atoms with Crippen LogP contribution >= 0.6 is 11.8 Å². The summed E-state index contributed by atoms with van der Waals surface area (Å²) in [6, 6.07) is 14.6. The van der Waals surface area contributed by atoms with E-state index in [4.69, 9.17) is 9.98 Å². The van der Waals surface area contributed by atoms with Crippen LogP contribution in [0.5, 0.6) is 0 Å². The van der Waals surface area contributed by atoms with E-state index < -0.39 is 5.97 Å². The molecule has 5 nitrogen and oxygen atoms in total. The molecule has 162 valence electrons. The van der Waals surface area contributed by atoms with Crippen LogP contribution in [0, 0.1) is 20.8 Å². The molecule has 2 aromatic rings. The van der Waals surface area contributed by atoms with E-state index in [1.54, 1.807) is 0 Å². The highest BCUT2D eigenvalue weighted by Crippen LogP contribution is 2.45. The van der Waals surface area contributed by atoms with Crippen LogP contribution in [-0.4, -0.2) is 33.4 Å². The van der Waals surface area contributed by atoms with E-state index in [-0.39, 0.29) is 11.3 Å². The molecule has 1 heterocycles. The van der Waals surface area contributed by atoms with Gasteiger partial charge < -0.3 is 10.0 Å². The molecule has 0 aromatic heterocycles. The van der Waals surface area contributed by atoms with Crippen molar-refractivity contribution >= 4 is 40.1 Å². The fourth-order valence-corrected chi connectivity index (χ4v) is 5.46. The molecule has 1 N–H and O–H groups in total. The van der Waals surface area contributed by atoms with Crippen LogP contribution in [0.15, 0.2) is 52.4 Å². The summed E-state index contributed by atoms with van der Waals surface area (Å²) in [5, 5.41) is 10.1. The van der Waals surface area contributed by atoms with Gasteiger partial charge in [0.05, 0.1) is 11.4 Å². The molecule has 0 atom stereocenters. The minimum atomic E-state index is -0.838. The predicted molar refractivity (Wildman–Crippen MR) is 130 cm³/mol. The Morgan fingerprint density at radius 1 is 1.10 bits per heavy atom. The Bertz CT molecular complexity index is 1050. The molecule has 4 rings (SSSR count). The molecule has 2 aromatic carbocycles. The second-order valence-electron chi connectivity index (χ2n) is 8.52. The first-order chi connectivity index (χ1) is 14.9. The number of amidine groups is 2. The first-order valence-corrected chi connectivity index (χ1v) is 11.8. The number of benzene rings is 2. The Hall–Kier alpha value is -2.60. The van der Waals surface area contributed by atoms with E-state index in [0.717, 1.165) is 53.6 Å². The highest BCUT2D eigenvalue weighted by atomic mass is 32.2. The van der Waals surface area contributed by atoms with E-state index in [1.165, 1.54) is 29.3 Å². The predicted octanol–water partition coefficient (Wildman–Crippen LogP) is 6.04. The lowest BCUT2D eigenvalue weighted by atomic mass is 9.79. The monoisotopic (exact) mass is 435 g/mol. The second-order valence-corrected chi connectivity index (χ2v) is 9.46. The summed E-state index contributed by atoms with van der Waals surface area (Å²) in [6.07, 6.45) is 5.36. The number of carboxylic acid groups (broad SMARTS) is 1. The second kappa shape index (κ2) is 8.87. The number of carboxylic acids is 1. The van der Waals surface area contributed by atoms with Crippen molar-refractivity contribution in [2.45, 2.75) is 58.4 Å². The molecule has 1 spiro atoms. The van der Waals surface area contributed by atoms with Crippen molar-refractivity contribution in [1.29, 1.82) is 0 Å². The third-order valence-electron chi connectivity index (χ3n) is 6.18. The number of para-hydroxylation sites is 1. The van der Waals surface area contributed by atoms with Crippen LogP contribution in [-0.2, 0) is 4.79 Å². The molecule has 0 unspecified atom stereocenters. The largest absolute Gasteiger partial charge is 0.481 e. The summed E-state index contributed by atoms with van der Waals surface area (Å²) in [5.74, 6) is -0.0434. The van der Waals surface area contributed by atoms with Crippen LogP contribution < -0.4 is 4.90 Å². The smallest absolute Gasteiger partial charge is 0.313 e. The zero-order chi connectivity index (χ0) is 22.0. The van der Waals surface area contributed by atoms with Crippen LogP contribution in [0.3, 0.4) is 0 Å². The summed E-state index contributed by atoms with van der Waals surface area (Å²) in [4.78, 5) is 23.7. The molecule has 2 aliphatic rings. The number of hydrogen-bond donors (Lipinski definition) is 1. The van der Waals surface area contributed by atoms with Crippen molar-refractivity contribution in [2.24, 2.45) is 9.98 Å². The number of hydrogen-bond acceptors (Lipinski definition) is 4. The van der Waals surface area contributed by atoms with E-state index in [9.17, 15) is 9.90 Å². The third-order valence-corrected chi connectivity index (χ3v) is 7.10. The van der Waals surface area contributed by atoms with Crippen LogP contribution in [0.25, 0.3) is 0 Å². The highest BCUT2D eigenvalue weighted by molar-refractivity contribution is 8.14. The number of aliphatic imine (C=N–C) groups is 2. The Balaban J connectivity index is 1.88. The number of rotatable bonds is 4. The molecule has 0 amide bonds. The molecular formula is C25H29N3O2S. The molecule has 1 aliphatic carbocycles. The van der Waals surface area contributed by atoms with Gasteiger partial charge in [0, 0.05) is 5.69 Å². The Labute approximate surface area is 188 Å². The first kappa shape index (κ1) is 21.6. The van der Waals surface area contributed by atoms with Crippen molar-refractivity contribution in [1.82, 2.24) is 0 Å². The van der Waals surface area contributed by atoms with E-state index in [0.29, 0.717) is 0 Å². The van der Waals surface area contributed by atoms with Crippen molar-refractivity contribution in [3.05, 3.63) is 59.2 Å². The first-order valence-electron chi connectivity index (χ1n) is 10.9. The number of nitrogens with zero attached hydrogens (tertiary/aromatic N) is 3. The minimum absolute atomic E-state index is 0.0199. The quantitative estimate of drug-likeness (QED) is 0.636. The van der Waals surface area contributed by atoms with Gasteiger partial charge in [0.1, 0.15) is 5.54 Å². The van der Waals surface area contributed by atoms with E-state index in [1.807, 2.05) is 18.2 Å². The highest BCUT2D eigenvalue weighted by Gasteiger charge is 2.50. The number of aryl methyl sites for hydroxylation is 3. The average molecular weight is 436 g/mol. The van der Waals surface area contributed by atoms with Gasteiger partial charge in [-0.25, -0.2) is 9.98 Å². The Morgan fingerprint density at radius 2 is 1.84 bits per heavy atom. The Kier molecular flexibility index (Phi) is 6.19. The van der Waals surface area contributed by atoms with Crippen LogP contribution in [0.1, 0.15) is 48.8 Å². The summed E-state index contributed by atoms with van der Waals surface area (Å²) in [7, 11) is 0. The number of thioether (sulfide) groups is 1. The summed E-state index contributed by atoms with van der Waals surface area (Å²) >= 11 is 1.29. The maximum atomic E-state index is 11.4. The Morgan fingerprint density at radius 3 is 2.52 bits per heavy atom. The number of aliphatic carboxylic acids is 1. The lowest BCUT2D eigenvalue weighted by molar-refractivity contribution is -0.133. The summed E-state index contributed by atoms with van der Waals surface area (Å²) in [6.45, 7) is 6.28. The lowest BCUT2D eigenvalue weighted by Crippen LogP contribution is -2.53. The van der Waals surface area contributed by atoms with Gasteiger partial charge in [-0.1, -0.05) is 66.9 Å². The van der Waals surface area contributed by atoms with Crippen molar-refractivity contribution in [2.75, 3.05) is 10.7 Å². The van der Waals surface area contributed by atoms with Gasteiger partial charge >= 0.3 is 5.97 Å². The van der Waals surface area contributed by atoms with Crippen molar-refractivity contribution in [3.63, 3.8) is 0 Å². The summed E-state index contributed by atoms with van der Waals surface area (Å²) in [5.41, 5.74) is 5.19. The van der Waals surface area contributed by atoms with Gasteiger partial charge in [-0.2, -0.15) is 0 Å². The van der Waals surface area contributed by atoms with Crippen molar-refractivity contribution < 1.29 is 9.90 Å². The molecule has 1 fully saturated rings. The van der Waals surface area contributed by atoms with Crippen LogP contribution in [0.4, 0.5) is 11.4 Å². The van der Waals surface area contributed by atoms with Gasteiger partial charge in [0.2, 0.25) is 0 Å². The fraction of sp³-hybridized carbons (Fsp3) is 0.400. The number of anilines is 1. The summed E-state index contributed by atoms with van der Waals surface area (Å²) < 4.78 is 0. The van der Waals surface area contributed by atoms with Crippen LogP contribution in [0.2, 0.25) is 0 Å². The zero-order valence-corrected chi connectivity index (χ0v) is 19.2. The molecule has 0 radical (unpaired) electrons. The molecule has 0 bridgehead atoms. The van der Waals surface area contributed by atoms with Gasteiger partial charge in [-0.15, -0.1) is 0 Å². The minimum Gasteiger partial charge on any atom is -0.481 e. The van der Waals surface area contributed by atoms with Crippen molar-refractivity contribution in [3.8, 4) is 0 Å². The van der Waals surface area contributed by atoms with Gasteiger partial charge in [0.25, 0.3) is 0 Å². The normalized spacial score (nSPS) is 19.1. The zero-order valence-electron chi connectivity index (χ0n) is 18.4. The topological polar surface area (TPSA) is 65.3 Å². The molecule has 1 saturated carbocycles.